The van der Waals surface area contributed by atoms with Gasteiger partial charge in [0.2, 0.25) is 5.82 Å². The number of nitrogens with zero attached hydrogens (tertiary/aromatic N) is 4. The molecule has 1 unspecified atom stereocenters. The van der Waals surface area contributed by atoms with Crippen LogP contribution in [0.1, 0.15) is 45.5 Å². The monoisotopic (exact) mass is 397 g/mol. The Bertz CT molecular complexity index is 1030. The van der Waals surface area contributed by atoms with E-state index in [0.29, 0.717) is 23.8 Å². The highest BCUT2D eigenvalue weighted by Gasteiger charge is 2.26. The number of ether oxygens (including phenoxy) is 1. The number of hydrogen-bond donors (Lipinski definition) is 2. The highest BCUT2D eigenvalue weighted by molar-refractivity contribution is 5.95. The maximum atomic E-state index is 12.7. The predicted molar refractivity (Wildman–Crippen MR) is 103 cm³/mol. The number of methoxy groups -OCH3 is 1. The summed E-state index contributed by atoms with van der Waals surface area (Å²) in [5.41, 5.74) is 4.42. The third-order valence-corrected chi connectivity index (χ3v) is 5.18. The van der Waals surface area contributed by atoms with E-state index in [2.05, 4.69) is 20.6 Å². The molecule has 1 atom stereocenters. The first-order valence-electron chi connectivity index (χ1n) is 9.49. The Balaban J connectivity index is 1.49. The number of aliphatic hydroxyl groups excluding tert-OH is 1. The van der Waals surface area contributed by atoms with Crippen LogP contribution in [0.2, 0.25) is 0 Å². The summed E-state index contributed by atoms with van der Waals surface area (Å²) in [4.78, 5) is 17.1. The molecule has 0 aliphatic heterocycles. The molecular weight excluding hydrogens is 374 g/mol. The molecule has 0 spiro atoms. The number of nitrogens with one attached hydrogen (secondary N) is 1. The lowest BCUT2D eigenvalue weighted by atomic mass is 10.0. The Kier molecular flexibility index (Phi) is 5.41. The van der Waals surface area contributed by atoms with Gasteiger partial charge in [-0.2, -0.15) is 10.1 Å². The smallest absolute Gasteiger partial charge is 0.255 e. The van der Waals surface area contributed by atoms with Crippen LogP contribution in [-0.2, 0) is 24.3 Å². The number of rotatable bonds is 7. The van der Waals surface area contributed by atoms with Crippen LogP contribution in [0.25, 0.3) is 11.4 Å². The molecule has 0 saturated carbocycles. The summed E-state index contributed by atoms with van der Waals surface area (Å²) < 4.78 is 11.8. The van der Waals surface area contributed by atoms with Crippen molar-refractivity contribution in [1.29, 1.82) is 0 Å². The van der Waals surface area contributed by atoms with E-state index in [1.807, 2.05) is 25.1 Å². The van der Waals surface area contributed by atoms with Gasteiger partial charge in [-0.1, -0.05) is 17.3 Å². The fourth-order valence-electron chi connectivity index (χ4n) is 3.69. The first-order chi connectivity index (χ1) is 14.1. The average Bonchev–Trinajstić information content (AvgIpc) is 3.42. The zero-order valence-corrected chi connectivity index (χ0v) is 16.4. The van der Waals surface area contributed by atoms with E-state index in [4.69, 9.17) is 14.4 Å². The van der Waals surface area contributed by atoms with Crippen LogP contribution in [0.15, 0.2) is 28.9 Å². The van der Waals surface area contributed by atoms with E-state index < -0.39 is 0 Å². The van der Waals surface area contributed by atoms with Gasteiger partial charge in [0, 0.05) is 18.4 Å². The minimum atomic E-state index is -0.156. The normalized spacial score (nSPS) is 15.5. The third kappa shape index (κ3) is 3.79. The molecule has 1 aliphatic carbocycles. The largest absolute Gasteiger partial charge is 0.394 e. The fraction of sp³-hybridized carbons (Fsp3) is 0.400. The van der Waals surface area contributed by atoms with Crippen molar-refractivity contribution in [2.24, 2.45) is 0 Å². The Hall–Kier alpha value is -3.04. The second-order valence-electron chi connectivity index (χ2n) is 7.01. The maximum Gasteiger partial charge on any atom is 0.255 e. The molecule has 9 heteroatoms. The fourth-order valence-corrected chi connectivity index (χ4v) is 3.69. The van der Waals surface area contributed by atoms with Crippen LogP contribution in [0, 0.1) is 6.92 Å². The van der Waals surface area contributed by atoms with Crippen molar-refractivity contribution >= 4 is 5.91 Å². The van der Waals surface area contributed by atoms with Crippen LogP contribution in [-0.4, -0.2) is 44.7 Å². The van der Waals surface area contributed by atoms with E-state index in [1.165, 1.54) is 5.56 Å². The van der Waals surface area contributed by atoms with Gasteiger partial charge in [-0.05, 0) is 37.0 Å². The van der Waals surface area contributed by atoms with Crippen molar-refractivity contribution < 1.29 is 19.2 Å². The number of carbonyl (C=O) groups is 1. The summed E-state index contributed by atoms with van der Waals surface area (Å²) in [7, 11) is 1.58. The van der Waals surface area contributed by atoms with E-state index in [0.717, 1.165) is 29.7 Å². The molecule has 1 amide bonds. The summed E-state index contributed by atoms with van der Waals surface area (Å²) in [6.45, 7) is 2.46. The van der Waals surface area contributed by atoms with Crippen LogP contribution in [0.5, 0.6) is 0 Å². The third-order valence-electron chi connectivity index (χ3n) is 5.18. The summed E-state index contributed by atoms with van der Waals surface area (Å²) in [6, 6.07) is 5.95. The lowest BCUT2D eigenvalue weighted by Gasteiger charge is -2.14. The predicted octanol–water partition coefficient (Wildman–Crippen LogP) is 1.80. The number of aryl methyl sites for hydroxylation is 1. The van der Waals surface area contributed by atoms with Crippen LogP contribution < -0.4 is 5.32 Å². The van der Waals surface area contributed by atoms with Gasteiger partial charge >= 0.3 is 0 Å². The summed E-state index contributed by atoms with van der Waals surface area (Å²) >= 11 is 0. The highest BCUT2D eigenvalue weighted by atomic mass is 16.5. The molecule has 29 heavy (non-hydrogen) atoms. The van der Waals surface area contributed by atoms with Gasteiger partial charge in [-0.3, -0.25) is 9.48 Å². The molecular formula is C20H23N5O4. The van der Waals surface area contributed by atoms with Crippen LogP contribution in [0.4, 0.5) is 0 Å². The molecule has 2 N–H and O–H groups in total. The van der Waals surface area contributed by atoms with Gasteiger partial charge in [-0.15, -0.1) is 0 Å². The van der Waals surface area contributed by atoms with Gasteiger partial charge in [-0.25, -0.2) is 0 Å². The van der Waals surface area contributed by atoms with Crippen LogP contribution >= 0.6 is 0 Å². The van der Waals surface area contributed by atoms with Crippen molar-refractivity contribution in [1.82, 2.24) is 25.2 Å². The van der Waals surface area contributed by atoms with Gasteiger partial charge < -0.3 is 19.7 Å². The molecule has 9 nitrogen and oxygen atoms in total. The number of fused-ring (bicyclic) bond motifs is 1. The lowest BCUT2D eigenvalue weighted by molar-refractivity contribution is 0.0936. The first kappa shape index (κ1) is 19.3. The Morgan fingerprint density at radius 1 is 1.45 bits per heavy atom. The number of hydrogen-bond acceptors (Lipinski definition) is 7. The SMILES string of the molecule is COCc1nc(-c2ccc3c(c2)CCC3NC(=O)c2cnn(CCO)c2C)no1. The van der Waals surface area contributed by atoms with Crippen molar-refractivity contribution in [2.45, 2.75) is 39.0 Å². The average molecular weight is 397 g/mol. The van der Waals surface area contributed by atoms with Gasteiger partial charge in [0.15, 0.2) is 0 Å². The molecule has 4 rings (SSSR count). The van der Waals surface area contributed by atoms with Gasteiger partial charge in [0.25, 0.3) is 11.8 Å². The van der Waals surface area contributed by atoms with Crippen molar-refractivity contribution in [3.8, 4) is 11.4 Å². The summed E-state index contributed by atoms with van der Waals surface area (Å²) in [5.74, 6) is 0.806. The lowest BCUT2D eigenvalue weighted by Crippen LogP contribution is -2.27. The topological polar surface area (TPSA) is 115 Å². The molecule has 0 radical (unpaired) electrons. The zero-order chi connectivity index (χ0) is 20.4. The summed E-state index contributed by atoms with van der Waals surface area (Å²) in [5, 5.41) is 20.4. The quantitative estimate of drug-likeness (QED) is 0.624. The highest BCUT2D eigenvalue weighted by Crippen LogP contribution is 2.34. The molecule has 1 aliphatic rings. The summed E-state index contributed by atoms with van der Waals surface area (Å²) in [6.07, 6.45) is 3.24. The maximum absolute atomic E-state index is 12.7. The zero-order valence-electron chi connectivity index (χ0n) is 16.4. The molecule has 3 aromatic rings. The van der Waals surface area contributed by atoms with E-state index in [9.17, 15) is 4.79 Å². The standard InChI is InChI=1S/C20H23N5O4/c1-12-16(10-21-25(12)7-8-26)20(27)22-17-6-4-13-9-14(3-5-15(13)17)19-23-18(11-28-2)29-24-19/h3,5,9-10,17,26H,4,6-8,11H2,1-2H3,(H,22,27). The van der Waals surface area contributed by atoms with Gasteiger partial charge in [0.1, 0.15) is 6.61 Å². The number of amides is 1. The number of aromatic nitrogens is 4. The second kappa shape index (κ2) is 8.14. The number of carbonyl (C=O) groups excluding carboxylic acids is 1. The first-order valence-corrected chi connectivity index (χ1v) is 9.49. The van der Waals surface area contributed by atoms with Crippen molar-refractivity contribution in [3.05, 3.63) is 52.7 Å². The van der Waals surface area contributed by atoms with Crippen LogP contribution in [0.3, 0.4) is 0 Å². The van der Waals surface area contributed by atoms with E-state index >= 15 is 0 Å². The van der Waals surface area contributed by atoms with Crippen molar-refractivity contribution in [2.75, 3.05) is 13.7 Å². The van der Waals surface area contributed by atoms with E-state index in [-0.39, 0.29) is 25.2 Å². The second-order valence-corrected chi connectivity index (χ2v) is 7.01. The molecule has 0 fully saturated rings. The molecule has 2 aromatic heterocycles. The Morgan fingerprint density at radius 3 is 3.10 bits per heavy atom. The van der Waals surface area contributed by atoms with Gasteiger partial charge in [0.05, 0.1) is 31.0 Å². The Labute approximate surface area is 167 Å². The molecule has 152 valence electrons. The Morgan fingerprint density at radius 2 is 2.31 bits per heavy atom. The molecule has 2 heterocycles. The number of benzene rings is 1. The minimum Gasteiger partial charge on any atom is -0.394 e. The van der Waals surface area contributed by atoms with E-state index in [1.54, 1.807) is 18.0 Å². The molecule has 1 aromatic carbocycles. The molecule has 0 saturated heterocycles. The molecule has 0 bridgehead atoms. The minimum absolute atomic E-state index is 0.0186. The number of aliphatic hydroxyl groups is 1. The van der Waals surface area contributed by atoms with Crippen molar-refractivity contribution in [3.63, 3.8) is 0 Å².